The van der Waals surface area contributed by atoms with Gasteiger partial charge in [-0.1, -0.05) is 28.1 Å². The molecular weight excluding hydrogens is 392 g/mol. The summed E-state index contributed by atoms with van der Waals surface area (Å²) >= 11 is 3.49. The monoisotopic (exact) mass is 410 g/mol. The fourth-order valence-electron chi connectivity index (χ4n) is 3.70. The molecular formula is C21H19BrN2O2. The highest BCUT2D eigenvalue weighted by atomic mass is 79.9. The number of anilines is 1. The molecule has 0 bridgehead atoms. The zero-order valence-electron chi connectivity index (χ0n) is 14.9. The van der Waals surface area contributed by atoms with E-state index in [4.69, 9.17) is 0 Å². The Hall–Kier alpha value is -2.40. The second-order valence-corrected chi connectivity index (χ2v) is 7.91. The molecule has 1 aromatic heterocycles. The summed E-state index contributed by atoms with van der Waals surface area (Å²) in [6.45, 7) is 6.06. The van der Waals surface area contributed by atoms with Crippen molar-refractivity contribution < 1.29 is 4.79 Å². The maximum Gasteiger partial charge on any atom is 0.261 e. The minimum absolute atomic E-state index is 0.177. The minimum atomic E-state index is -0.366. The van der Waals surface area contributed by atoms with Crippen LogP contribution < -0.4 is 10.7 Å². The van der Waals surface area contributed by atoms with Gasteiger partial charge < -0.3 is 9.88 Å². The zero-order valence-corrected chi connectivity index (χ0v) is 16.5. The summed E-state index contributed by atoms with van der Waals surface area (Å²) in [5.41, 5.74) is 4.86. The molecule has 1 aliphatic heterocycles. The van der Waals surface area contributed by atoms with Crippen LogP contribution in [0.15, 0.2) is 45.8 Å². The Labute approximate surface area is 160 Å². The number of aromatic nitrogens is 1. The molecule has 1 amide bonds. The summed E-state index contributed by atoms with van der Waals surface area (Å²) in [7, 11) is 0. The maximum atomic E-state index is 13.0. The van der Waals surface area contributed by atoms with Crippen LogP contribution in [0.3, 0.4) is 0 Å². The van der Waals surface area contributed by atoms with Crippen molar-refractivity contribution in [1.29, 1.82) is 0 Å². The number of nitrogens with one attached hydrogen (secondary N) is 1. The van der Waals surface area contributed by atoms with Crippen molar-refractivity contribution >= 4 is 38.4 Å². The van der Waals surface area contributed by atoms with Crippen LogP contribution >= 0.6 is 15.9 Å². The summed E-state index contributed by atoms with van der Waals surface area (Å²) in [6.07, 6.45) is 2.57. The largest absolute Gasteiger partial charge is 0.343 e. The third kappa shape index (κ3) is 2.58. The molecule has 0 radical (unpaired) electrons. The van der Waals surface area contributed by atoms with Crippen LogP contribution in [0.1, 0.15) is 40.0 Å². The Kier molecular flexibility index (Phi) is 3.99. The van der Waals surface area contributed by atoms with Gasteiger partial charge in [-0.2, -0.15) is 0 Å². The van der Waals surface area contributed by atoms with Gasteiger partial charge in [0.05, 0.1) is 5.52 Å². The number of hydrogen-bond donors (Lipinski definition) is 1. The Bertz CT molecular complexity index is 1130. The van der Waals surface area contributed by atoms with Crippen LogP contribution in [0.4, 0.5) is 5.69 Å². The second kappa shape index (κ2) is 6.09. The van der Waals surface area contributed by atoms with Crippen LogP contribution in [0, 0.1) is 13.8 Å². The number of carbonyl (C=O) groups is 1. The smallest absolute Gasteiger partial charge is 0.261 e. The van der Waals surface area contributed by atoms with Crippen LogP contribution in [0.25, 0.3) is 10.9 Å². The second-order valence-electron chi connectivity index (χ2n) is 6.99. The van der Waals surface area contributed by atoms with Crippen molar-refractivity contribution in [3.05, 3.63) is 73.5 Å². The Morgan fingerprint density at radius 2 is 2.04 bits per heavy atom. The summed E-state index contributed by atoms with van der Waals surface area (Å²) in [4.78, 5) is 25.9. The third-order valence-electron chi connectivity index (χ3n) is 5.26. The van der Waals surface area contributed by atoms with Gasteiger partial charge in [0, 0.05) is 27.8 Å². The van der Waals surface area contributed by atoms with Gasteiger partial charge >= 0.3 is 0 Å². The van der Waals surface area contributed by atoms with Crippen molar-refractivity contribution in [2.45, 2.75) is 33.2 Å². The molecule has 3 aromatic rings. The van der Waals surface area contributed by atoms with E-state index in [-0.39, 0.29) is 22.9 Å². The number of nitrogens with zero attached hydrogens (tertiary/aromatic N) is 1. The van der Waals surface area contributed by atoms with E-state index in [1.165, 1.54) is 0 Å². The average molecular weight is 411 g/mol. The highest BCUT2D eigenvalue weighted by Gasteiger charge is 2.25. The van der Waals surface area contributed by atoms with Crippen molar-refractivity contribution in [2.75, 3.05) is 5.32 Å². The number of halogens is 1. The molecule has 0 saturated carbocycles. The van der Waals surface area contributed by atoms with Crippen molar-refractivity contribution in [3.8, 4) is 0 Å². The fourth-order valence-corrected chi connectivity index (χ4v) is 4.20. The first-order valence-corrected chi connectivity index (χ1v) is 9.41. The number of aryl methyl sites for hydroxylation is 1. The minimum Gasteiger partial charge on any atom is -0.343 e. The molecule has 1 N–H and O–H groups in total. The number of hydrogen-bond acceptors (Lipinski definition) is 2. The van der Waals surface area contributed by atoms with E-state index in [0.717, 1.165) is 38.8 Å². The molecule has 1 aliphatic rings. The predicted octanol–water partition coefficient (Wildman–Crippen LogP) is 4.75. The third-order valence-corrected chi connectivity index (χ3v) is 5.71. The van der Waals surface area contributed by atoms with Gasteiger partial charge in [0.2, 0.25) is 5.43 Å². The lowest BCUT2D eigenvalue weighted by molar-refractivity contribution is 0.102. The normalized spacial score (nSPS) is 15.5. The van der Waals surface area contributed by atoms with E-state index < -0.39 is 0 Å². The molecule has 2 aromatic carbocycles. The summed E-state index contributed by atoms with van der Waals surface area (Å²) in [5.74, 6) is -0.366. The van der Waals surface area contributed by atoms with Gasteiger partial charge in [-0.3, -0.25) is 9.59 Å². The Morgan fingerprint density at radius 1 is 1.27 bits per heavy atom. The van der Waals surface area contributed by atoms with Crippen LogP contribution in [0.2, 0.25) is 0 Å². The summed E-state index contributed by atoms with van der Waals surface area (Å²) < 4.78 is 2.92. The molecule has 0 fully saturated rings. The van der Waals surface area contributed by atoms with Crippen LogP contribution in [0.5, 0.6) is 0 Å². The first-order chi connectivity index (χ1) is 12.4. The van der Waals surface area contributed by atoms with E-state index in [1.807, 2.05) is 38.1 Å². The van der Waals surface area contributed by atoms with E-state index in [9.17, 15) is 9.59 Å². The molecule has 132 valence electrons. The molecule has 0 spiro atoms. The lowest BCUT2D eigenvalue weighted by atomic mass is 10.1. The average Bonchev–Trinajstić information content (AvgIpc) is 2.90. The number of benzene rings is 2. The molecule has 5 heteroatoms. The lowest BCUT2D eigenvalue weighted by Gasteiger charge is -2.14. The Balaban J connectivity index is 1.86. The molecule has 4 nitrogen and oxygen atoms in total. The number of rotatable bonds is 2. The van der Waals surface area contributed by atoms with Gasteiger partial charge in [-0.15, -0.1) is 0 Å². The molecule has 4 rings (SSSR count). The van der Waals surface area contributed by atoms with Gasteiger partial charge in [0.1, 0.15) is 5.56 Å². The zero-order chi connectivity index (χ0) is 18.6. The first kappa shape index (κ1) is 17.0. The fraction of sp³-hybridized carbons (Fsp3) is 0.238. The predicted molar refractivity (Wildman–Crippen MR) is 108 cm³/mol. The number of pyridine rings is 1. The van der Waals surface area contributed by atoms with E-state index in [1.54, 1.807) is 6.20 Å². The SMILES string of the molecule is Cc1cccc(NC(=O)c2cn3c4c(cc(Br)cc4c2=O)CC3C)c1C. The van der Waals surface area contributed by atoms with Crippen LogP contribution in [-0.4, -0.2) is 10.5 Å². The first-order valence-electron chi connectivity index (χ1n) is 8.61. The van der Waals surface area contributed by atoms with Crippen molar-refractivity contribution in [2.24, 2.45) is 0 Å². The van der Waals surface area contributed by atoms with Crippen molar-refractivity contribution in [1.82, 2.24) is 4.57 Å². The van der Waals surface area contributed by atoms with Crippen molar-refractivity contribution in [3.63, 3.8) is 0 Å². The van der Waals surface area contributed by atoms with E-state index in [0.29, 0.717) is 5.39 Å². The summed E-state index contributed by atoms with van der Waals surface area (Å²) in [5, 5.41) is 3.50. The quantitative estimate of drug-likeness (QED) is 0.662. The molecule has 2 heterocycles. The number of amides is 1. The van der Waals surface area contributed by atoms with E-state index >= 15 is 0 Å². The molecule has 26 heavy (non-hydrogen) atoms. The van der Waals surface area contributed by atoms with Gasteiger partial charge in [-0.05, 0) is 62.1 Å². The number of carbonyl (C=O) groups excluding carboxylic acids is 1. The van der Waals surface area contributed by atoms with Gasteiger partial charge in [-0.25, -0.2) is 0 Å². The highest BCUT2D eigenvalue weighted by molar-refractivity contribution is 9.10. The lowest BCUT2D eigenvalue weighted by Crippen LogP contribution is -2.24. The molecule has 1 unspecified atom stereocenters. The molecule has 0 saturated heterocycles. The topological polar surface area (TPSA) is 51.1 Å². The molecule has 1 atom stereocenters. The van der Waals surface area contributed by atoms with Gasteiger partial charge in [0.15, 0.2) is 0 Å². The maximum absolute atomic E-state index is 13.0. The molecule has 0 aliphatic carbocycles. The van der Waals surface area contributed by atoms with E-state index in [2.05, 4.69) is 38.8 Å². The standard InChI is InChI=1S/C21H19BrN2O2/c1-11-5-4-6-18(13(11)3)23-21(26)17-10-24-12(2)7-14-8-15(22)9-16(19(14)24)20(17)25/h4-6,8-10,12H,7H2,1-3H3,(H,23,26). The van der Waals surface area contributed by atoms with Gasteiger partial charge in [0.25, 0.3) is 5.91 Å². The highest BCUT2D eigenvalue weighted by Crippen LogP contribution is 2.33. The van der Waals surface area contributed by atoms with Crippen LogP contribution in [-0.2, 0) is 6.42 Å². The summed E-state index contributed by atoms with van der Waals surface area (Å²) in [6, 6.07) is 9.83. The Morgan fingerprint density at radius 3 is 2.81 bits per heavy atom.